The molecule has 3 aromatic rings. The Hall–Kier alpha value is -2.01. The molecule has 2 N–H and O–H groups in total. The molecule has 3 rings (SSSR count). The highest BCUT2D eigenvalue weighted by Gasteiger charge is 2.09. The zero-order chi connectivity index (χ0) is 12.5. The quantitative estimate of drug-likeness (QED) is 0.750. The van der Waals surface area contributed by atoms with Gasteiger partial charge in [0.1, 0.15) is 11.2 Å². The van der Waals surface area contributed by atoms with Gasteiger partial charge in [-0.1, -0.05) is 28.1 Å². The second-order valence-corrected chi connectivity index (χ2v) is 4.73. The molecule has 0 saturated carbocycles. The number of aromatic nitrogens is 3. The van der Waals surface area contributed by atoms with Crippen LogP contribution in [0, 0.1) is 0 Å². The molecule has 0 aliphatic carbocycles. The molecule has 5 heteroatoms. The van der Waals surface area contributed by atoms with E-state index >= 15 is 0 Å². The summed E-state index contributed by atoms with van der Waals surface area (Å²) in [6, 6.07) is 11.6. The first-order chi connectivity index (χ1) is 8.74. The molecule has 0 bridgehead atoms. The number of hydrogen-bond acceptors (Lipinski definition) is 4. The summed E-state index contributed by atoms with van der Waals surface area (Å²) in [5.74, 6) is 0.255. The van der Waals surface area contributed by atoms with E-state index in [1.54, 1.807) is 6.20 Å². The highest BCUT2D eigenvalue weighted by molar-refractivity contribution is 9.10. The third kappa shape index (κ3) is 1.93. The van der Waals surface area contributed by atoms with Crippen molar-refractivity contribution in [2.45, 2.75) is 0 Å². The maximum absolute atomic E-state index is 5.74. The van der Waals surface area contributed by atoms with Crippen molar-refractivity contribution in [1.82, 2.24) is 15.0 Å². The van der Waals surface area contributed by atoms with Crippen LogP contribution in [0.1, 0.15) is 0 Å². The lowest BCUT2D eigenvalue weighted by Crippen LogP contribution is -1.99. The van der Waals surface area contributed by atoms with Crippen LogP contribution in [0.2, 0.25) is 0 Å². The highest BCUT2D eigenvalue weighted by atomic mass is 79.9. The molecule has 1 aromatic carbocycles. The number of halogens is 1. The monoisotopic (exact) mass is 300 g/mol. The van der Waals surface area contributed by atoms with Crippen LogP contribution in [0.3, 0.4) is 0 Å². The van der Waals surface area contributed by atoms with E-state index in [-0.39, 0.29) is 5.95 Å². The molecule has 18 heavy (non-hydrogen) atoms. The van der Waals surface area contributed by atoms with Crippen molar-refractivity contribution in [1.29, 1.82) is 0 Å². The van der Waals surface area contributed by atoms with Gasteiger partial charge in [0.2, 0.25) is 5.95 Å². The van der Waals surface area contributed by atoms with E-state index in [1.165, 1.54) is 0 Å². The van der Waals surface area contributed by atoms with E-state index in [1.807, 2.05) is 36.4 Å². The molecule has 2 heterocycles. The molecule has 0 unspecified atom stereocenters. The van der Waals surface area contributed by atoms with E-state index in [0.29, 0.717) is 0 Å². The zero-order valence-corrected chi connectivity index (χ0v) is 10.9. The first-order valence-electron chi connectivity index (χ1n) is 5.38. The van der Waals surface area contributed by atoms with Crippen LogP contribution in [-0.2, 0) is 0 Å². The molecular formula is C13H9BrN4. The van der Waals surface area contributed by atoms with Crippen molar-refractivity contribution in [3.05, 3.63) is 47.1 Å². The van der Waals surface area contributed by atoms with Crippen molar-refractivity contribution < 1.29 is 0 Å². The summed E-state index contributed by atoms with van der Waals surface area (Å²) in [4.78, 5) is 12.8. The molecule has 0 aliphatic rings. The van der Waals surface area contributed by atoms with Crippen LogP contribution < -0.4 is 5.73 Å². The minimum atomic E-state index is 0.255. The molecule has 0 amide bonds. The summed E-state index contributed by atoms with van der Waals surface area (Å²) in [6.45, 7) is 0. The Morgan fingerprint density at radius 1 is 1.06 bits per heavy atom. The summed E-state index contributed by atoms with van der Waals surface area (Å²) in [6.07, 6.45) is 1.73. The molecular weight excluding hydrogens is 292 g/mol. The zero-order valence-electron chi connectivity index (χ0n) is 9.34. The van der Waals surface area contributed by atoms with Gasteiger partial charge in [-0.15, -0.1) is 0 Å². The maximum Gasteiger partial charge on any atom is 0.221 e. The highest BCUT2D eigenvalue weighted by Crippen LogP contribution is 2.26. The average Bonchev–Trinajstić information content (AvgIpc) is 2.37. The lowest BCUT2D eigenvalue weighted by atomic mass is 10.1. The van der Waals surface area contributed by atoms with Gasteiger partial charge in [0.25, 0.3) is 0 Å². The van der Waals surface area contributed by atoms with E-state index in [2.05, 4.69) is 30.9 Å². The van der Waals surface area contributed by atoms with Crippen LogP contribution in [0.15, 0.2) is 47.1 Å². The van der Waals surface area contributed by atoms with Gasteiger partial charge >= 0.3 is 0 Å². The van der Waals surface area contributed by atoms with Crippen molar-refractivity contribution in [2.24, 2.45) is 0 Å². The number of nitrogens with two attached hydrogens (primary N) is 1. The van der Waals surface area contributed by atoms with Crippen molar-refractivity contribution >= 4 is 32.9 Å². The van der Waals surface area contributed by atoms with Gasteiger partial charge in [-0.25, -0.2) is 9.97 Å². The lowest BCUT2D eigenvalue weighted by molar-refractivity contribution is 1.21. The van der Waals surface area contributed by atoms with E-state index in [0.717, 1.165) is 26.8 Å². The Morgan fingerprint density at radius 2 is 1.94 bits per heavy atom. The molecule has 0 radical (unpaired) electrons. The largest absolute Gasteiger partial charge is 0.368 e. The number of anilines is 1. The molecule has 0 spiro atoms. The first-order valence-corrected chi connectivity index (χ1v) is 6.17. The van der Waals surface area contributed by atoms with Gasteiger partial charge in [0.15, 0.2) is 0 Å². The van der Waals surface area contributed by atoms with E-state index in [4.69, 9.17) is 5.73 Å². The van der Waals surface area contributed by atoms with Crippen molar-refractivity contribution in [3.63, 3.8) is 0 Å². The van der Waals surface area contributed by atoms with E-state index < -0.39 is 0 Å². The number of nitrogen functional groups attached to an aromatic ring is 1. The predicted molar refractivity (Wildman–Crippen MR) is 74.9 cm³/mol. The Balaban J connectivity index is 2.34. The van der Waals surface area contributed by atoms with Gasteiger partial charge in [-0.2, -0.15) is 0 Å². The summed E-state index contributed by atoms with van der Waals surface area (Å²) >= 11 is 3.45. The molecule has 2 aromatic heterocycles. The summed E-state index contributed by atoms with van der Waals surface area (Å²) in [7, 11) is 0. The Kier molecular flexibility index (Phi) is 2.68. The fraction of sp³-hybridized carbons (Fsp3) is 0. The fourth-order valence-corrected chi connectivity index (χ4v) is 2.22. The molecule has 0 saturated heterocycles. The average molecular weight is 301 g/mol. The first kappa shape index (κ1) is 11.1. The second kappa shape index (κ2) is 4.34. The lowest BCUT2D eigenvalue weighted by Gasteiger charge is -2.06. The van der Waals surface area contributed by atoms with Gasteiger partial charge in [0, 0.05) is 16.2 Å². The number of fused-ring (bicyclic) bond motifs is 1. The van der Waals surface area contributed by atoms with Crippen LogP contribution in [0.5, 0.6) is 0 Å². The third-order valence-electron chi connectivity index (χ3n) is 2.57. The maximum atomic E-state index is 5.74. The predicted octanol–water partition coefficient (Wildman–Crippen LogP) is 3.04. The van der Waals surface area contributed by atoms with Crippen LogP contribution >= 0.6 is 15.9 Å². The summed E-state index contributed by atoms with van der Waals surface area (Å²) in [5, 5.41) is 0. The number of benzene rings is 1. The van der Waals surface area contributed by atoms with Crippen LogP contribution in [-0.4, -0.2) is 15.0 Å². The van der Waals surface area contributed by atoms with Gasteiger partial charge in [-0.3, -0.25) is 4.98 Å². The fourth-order valence-electron chi connectivity index (χ4n) is 1.82. The normalized spacial score (nSPS) is 10.7. The van der Waals surface area contributed by atoms with Crippen molar-refractivity contribution in [2.75, 3.05) is 5.73 Å². The van der Waals surface area contributed by atoms with Crippen molar-refractivity contribution in [3.8, 4) is 11.3 Å². The topological polar surface area (TPSA) is 64.7 Å². The number of pyridine rings is 1. The minimum absolute atomic E-state index is 0.255. The molecule has 0 fully saturated rings. The SMILES string of the molecule is Nc1nc(-c2cccc(Br)c2)c2ncccc2n1. The molecule has 0 atom stereocenters. The van der Waals surface area contributed by atoms with E-state index in [9.17, 15) is 0 Å². The van der Waals surface area contributed by atoms with Crippen LogP contribution in [0.25, 0.3) is 22.3 Å². The third-order valence-corrected chi connectivity index (χ3v) is 3.06. The van der Waals surface area contributed by atoms with Crippen LogP contribution in [0.4, 0.5) is 5.95 Å². The Labute approximate surface area is 112 Å². The summed E-state index contributed by atoms with van der Waals surface area (Å²) in [5.41, 5.74) is 8.95. The molecule has 4 nitrogen and oxygen atoms in total. The smallest absolute Gasteiger partial charge is 0.221 e. The standard InChI is InChI=1S/C13H9BrN4/c14-9-4-1-3-8(7-9)11-12-10(5-2-6-16-12)17-13(15)18-11/h1-7H,(H2,15,17,18). The second-order valence-electron chi connectivity index (χ2n) is 3.81. The molecule has 0 aliphatic heterocycles. The number of hydrogen-bond donors (Lipinski definition) is 1. The minimum Gasteiger partial charge on any atom is -0.368 e. The molecule has 88 valence electrons. The van der Waals surface area contributed by atoms with Gasteiger partial charge < -0.3 is 5.73 Å². The Morgan fingerprint density at radius 3 is 2.78 bits per heavy atom. The Bertz CT molecular complexity index is 727. The number of rotatable bonds is 1. The van der Waals surface area contributed by atoms with Gasteiger partial charge in [0.05, 0.1) is 5.52 Å². The summed E-state index contributed by atoms with van der Waals surface area (Å²) < 4.78 is 0.987. The number of nitrogens with zero attached hydrogens (tertiary/aromatic N) is 3. The van der Waals surface area contributed by atoms with Gasteiger partial charge in [-0.05, 0) is 24.3 Å².